The van der Waals surface area contributed by atoms with Crippen LogP contribution in [0.4, 0.5) is 11.4 Å². The maximum atomic E-state index is 14.1. The van der Waals surface area contributed by atoms with Crippen LogP contribution in [-0.4, -0.2) is 46.6 Å². The predicted molar refractivity (Wildman–Crippen MR) is 146 cm³/mol. The fourth-order valence-corrected chi connectivity index (χ4v) is 6.19. The number of nitrogens with zero attached hydrogens (tertiary/aromatic N) is 2. The maximum absolute atomic E-state index is 14.1. The highest BCUT2D eigenvalue weighted by Crippen LogP contribution is 2.52. The van der Waals surface area contributed by atoms with Gasteiger partial charge in [0, 0.05) is 29.6 Å². The Hall–Kier alpha value is -4.48. The number of nitro groups is 1. The number of halogens is 1. The Balaban J connectivity index is 1.47. The number of imide groups is 1. The molecule has 6 rings (SSSR count). The zero-order chi connectivity index (χ0) is 29.1. The Morgan fingerprint density at radius 2 is 1.78 bits per heavy atom. The highest BCUT2D eigenvalue weighted by molar-refractivity contribution is 6.32. The van der Waals surface area contributed by atoms with E-state index in [0.717, 1.165) is 10.5 Å². The highest BCUT2D eigenvalue weighted by atomic mass is 35.5. The summed E-state index contributed by atoms with van der Waals surface area (Å²) in [7, 11) is 0. The van der Waals surface area contributed by atoms with Crippen LogP contribution in [0.5, 0.6) is 11.5 Å². The lowest BCUT2D eigenvalue weighted by atomic mass is 9.76. The van der Waals surface area contributed by atoms with Crippen LogP contribution in [0, 0.1) is 28.9 Å². The Morgan fingerprint density at radius 1 is 1.07 bits per heavy atom. The fourth-order valence-electron chi connectivity index (χ4n) is 6.01. The topological polar surface area (TPSA) is 148 Å². The van der Waals surface area contributed by atoms with Gasteiger partial charge in [0.2, 0.25) is 11.8 Å². The quantitative estimate of drug-likeness (QED) is 0.253. The minimum absolute atomic E-state index is 0.154. The van der Waals surface area contributed by atoms with Gasteiger partial charge in [0.15, 0.2) is 11.5 Å². The molecule has 3 aliphatic heterocycles. The smallest absolute Gasteiger partial charge is 0.325 e. The first-order chi connectivity index (χ1) is 19.6. The van der Waals surface area contributed by atoms with Gasteiger partial charge in [0.25, 0.3) is 5.69 Å². The van der Waals surface area contributed by atoms with Crippen LogP contribution >= 0.6 is 11.6 Å². The molecule has 2 N–H and O–H groups in total. The second-order valence-corrected chi connectivity index (χ2v) is 10.8. The normalized spacial score (nSPS) is 24.8. The van der Waals surface area contributed by atoms with Gasteiger partial charge >= 0.3 is 5.97 Å². The average molecular weight is 578 g/mol. The molecule has 12 heteroatoms. The summed E-state index contributed by atoms with van der Waals surface area (Å²) in [4.78, 5) is 52.9. The molecule has 0 aromatic heterocycles. The number of hydrogen-bond acceptors (Lipinski definition) is 8. The number of carboxylic acid groups (broad SMARTS) is 1. The molecule has 3 aliphatic rings. The van der Waals surface area contributed by atoms with Crippen LogP contribution in [0.3, 0.4) is 0 Å². The Bertz CT molecular complexity index is 1610. The minimum Gasteiger partial charge on any atom is -0.486 e. The van der Waals surface area contributed by atoms with Crippen molar-refractivity contribution in [3.63, 3.8) is 0 Å². The second-order valence-electron chi connectivity index (χ2n) is 10.4. The number of ether oxygens (including phenoxy) is 2. The summed E-state index contributed by atoms with van der Waals surface area (Å²) in [5.74, 6) is -3.93. The van der Waals surface area contributed by atoms with Crippen molar-refractivity contribution in [2.24, 2.45) is 11.8 Å². The number of carbonyl (C=O) groups is 3. The first kappa shape index (κ1) is 26.7. The minimum atomic E-state index is -1.91. The molecule has 3 aromatic rings. The lowest BCUT2D eigenvalue weighted by molar-refractivity contribution is -0.384. The maximum Gasteiger partial charge on any atom is 0.325 e. The van der Waals surface area contributed by atoms with Gasteiger partial charge in [-0.3, -0.25) is 29.8 Å². The molecule has 4 unspecified atom stereocenters. The van der Waals surface area contributed by atoms with Crippen molar-refractivity contribution in [1.29, 1.82) is 0 Å². The molecule has 4 atom stereocenters. The molecule has 41 heavy (non-hydrogen) atoms. The average Bonchev–Trinajstić information content (AvgIpc) is 3.44. The van der Waals surface area contributed by atoms with Crippen molar-refractivity contribution in [3.8, 4) is 11.5 Å². The number of carboxylic acids is 1. The van der Waals surface area contributed by atoms with Gasteiger partial charge in [-0.25, -0.2) is 4.90 Å². The number of non-ortho nitro benzene ring substituents is 1. The molecule has 2 fully saturated rings. The van der Waals surface area contributed by atoms with Gasteiger partial charge in [-0.05, 0) is 47.9 Å². The van der Waals surface area contributed by atoms with E-state index in [2.05, 4.69) is 5.32 Å². The molecule has 0 aliphatic carbocycles. The summed E-state index contributed by atoms with van der Waals surface area (Å²) in [6, 6.07) is 14.5. The van der Waals surface area contributed by atoms with Gasteiger partial charge in [-0.2, -0.15) is 0 Å². The number of nitrogens with one attached hydrogen (secondary N) is 1. The molecule has 0 spiro atoms. The van der Waals surface area contributed by atoms with Crippen LogP contribution in [0.2, 0.25) is 5.02 Å². The number of anilines is 1. The Kier molecular flexibility index (Phi) is 6.43. The van der Waals surface area contributed by atoms with Crippen LogP contribution in [0.1, 0.15) is 22.7 Å². The van der Waals surface area contributed by atoms with E-state index in [1.165, 1.54) is 30.3 Å². The summed E-state index contributed by atoms with van der Waals surface area (Å²) < 4.78 is 11.3. The third-order valence-corrected chi connectivity index (χ3v) is 8.41. The number of aryl methyl sites for hydroxylation is 1. The van der Waals surface area contributed by atoms with Crippen molar-refractivity contribution in [2.45, 2.75) is 24.9 Å². The van der Waals surface area contributed by atoms with E-state index in [4.69, 9.17) is 21.1 Å². The molecule has 2 saturated heterocycles. The molecular formula is C29H24ClN3O8. The number of carbonyl (C=O) groups excluding carboxylic acids is 2. The van der Waals surface area contributed by atoms with Gasteiger partial charge in [-0.15, -0.1) is 0 Å². The number of hydrogen-bond donors (Lipinski definition) is 2. The van der Waals surface area contributed by atoms with Gasteiger partial charge in [0.1, 0.15) is 18.8 Å². The van der Waals surface area contributed by atoms with E-state index in [9.17, 15) is 29.6 Å². The molecular weight excluding hydrogens is 554 g/mol. The van der Waals surface area contributed by atoms with E-state index in [1.807, 2.05) is 0 Å². The van der Waals surface area contributed by atoms with Crippen LogP contribution < -0.4 is 19.7 Å². The summed E-state index contributed by atoms with van der Waals surface area (Å²) in [6.45, 7) is 2.51. The third kappa shape index (κ3) is 4.28. The van der Waals surface area contributed by atoms with Crippen molar-refractivity contribution >= 4 is 40.8 Å². The highest BCUT2D eigenvalue weighted by Gasteiger charge is 2.68. The zero-order valence-corrected chi connectivity index (χ0v) is 22.5. The SMILES string of the molecule is Cc1ccc(N2C(=O)C3C(c4ccc5c(c4)OCCO5)NC(Cc4ccc([N+](=O)[O-])cc4)(C(=O)O)C3C2=O)cc1Cl. The van der Waals surface area contributed by atoms with E-state index < -0.39 is 46.1 Å². The van der Waals surface area contributed by atoms with Gasteiger partial charge in [-0.1, -0.05) is 35.9 Å². The molecule has 3 aromatic carbocycles. The van der Waals surface area contributed by atoms with Crippen LogP contribution in [0.15, 0.2) is 60.7 Å². The second kappa shape index (κ2) is 9.86. The Labute approximate surface area is 238 Å². The summed E-state index contributed by atoms with van der Waals surface area (Å²) >= 11 is 6.32. The molecule has 0 saturated carbocycles. The summed E-state index contributed by atoms with van der Waals surface area (Å²) in [5, 5.41) is 25.4. The summed E-state index contributed by atoms with van der Waals surface area (Å²) in [5.41, 5.74) is -0.0530. The number of aliphatic carboxylic acids is 1. The standard InChI is InChI=1S/C29H24ClN3O8/c1-15-2-6-19(13-20(15)30)32-26(34)23-24(27(32)35)29(28(36)37,14-16-3-7-18(8-4-16)33(38)39)31-25(23)17-5-9-21-22(12-17)41-11-10-40-21/h2-9,12-13,23-25,31H,10-11,14H2,1H3,(H,36,37). The molecule has 3 heterocycles. The van der Waals surface area contributed by atoms with Crippen molar-refractivity contribution in [2.75, 3.05) is 18.1 Å². The van der Waals surface area contributed by atoms with E-state index in [0.29, 0.717) is 40.9 Å². The molecule has 210 valence electrons. The number of nitro benzene ring substituents is 1. The summed E-state index contributed by atoms with van der Waals surface area (Å²) in [6.07, 6.45) is -0.204. The van der Waals surface area contributed by atoms with E-state index >= 15 is 0 Å². The molecule has 0 radical (unpaired) electrons. The largest absolute Gasteiger partial charge is 0.486 e. The molecule has 11 nitrogen and oxygen atoms in total. The monoisotopic (exact) mass is 577 g/mol. The number of rotatable bonds is 6. The Morgan fingerprint density at radius 3 is 2.44 bits per heavy atom. The predicted octanol–water partition coefficient (Wildman–Crippen LogP) is 3.84. The molecule has 0 bridgehead atoms. The zero-order valence-electron chi connectivity index (χ0n) is 21.7. The van der Waals surface area contributed by atoms with Crippen LogP contribution in [0.25, 0.3) is 0 Å². The lowest BCUT2D eigenvalue weighted by Crippen LogP contribution is -2.57. The van der Waals surface area contributed by atoms with Crippen molar-refractivity contribution in [3.05, 3.63) is 92.5 Å². The first-order valence-electron chi connectivity index (χ1n) is 12.9. The van der Waals surface area contributed by atoms with Gasteiger partial charge < -0.3 is 14.6 Å². The van der Waals surface area contributed by atoms with Crippen molar-refractivity contribution < 1.29 is 33.9 Å². The number of benzene rings is 3. The fraction of sp³-hybridized carbons (Fsp3) is 0.276. The number of fused-ring (bicyclic) bond motifs is 2. The van der Waals surface area contributed by atoms with E-state index in [1.54, 1.807) is 37.3 Å². The van der Waals surface area contributed by atoms with E-state index in [-0.39, 0.29) is 17.8 Å². The van der Waals surface area contributed by atoms with Crippen LogP contribution in [-0.2, 0) is 20.8 Å². The number of amides is 2. The molecule has 2 amide bonds. The van der Waals surface area contributed by atoms with Gasteiger partial charge in [0.05, 0.1) is 22.4 Å². The first-order valence-corrected chi connectivity index (χ1v) is 13.3. The lowest BCUT2D eigenvalue weighted by Gasteiger charge is -2.31. The van der Waals surface area contributed by atoms with Crippen molar-refractivity contribution in [1.82, 2.24) is 5.32 Å². The third-order valence-electron chi connectivity index (χ3n) is 8.00.